The van der Waals surface area contributed by atoms with E-state index in [9.17, 15) is 14.4 Å². The summed E-state index contributed by atoms with van der Waals surface area (Å²) in [6.45, 7) is 7.91. The number of benzene rings is 2. The standard InChI is InChI=1S/C42H59BN4O6/c1-41(2)32-23-35(41)42(3)36(24-32)52-43(53-42)37(22-14-9-7-5-4-6-8-11-17-29-18-12-10-13-19-29)45-38(48)34-25-33(28-47(34)39(44)49)51-40(50)46-26-30-20-15-16-21-31(30)27-46/h10,12-13,15-16,18-21,32-37H,4-9,11,14,17,22-28H2,1-3H3,(H2,44,49)(H,45,48)/t32-,33+,34-,35-,36?,37-,42+/m0/s1. The van der Waals surface area contributed by atoms with E-state index in [2.05, 4.69) is 56.4 Å². The number of carbonyl (C=O) groups excluding carboxylic acids is 3. The zero-order valence-electron chi connectivity index (χ0n) is 32.0. The zero-order valence-corrected chi connectivity index (χ0v) is 32.0. The molecule has 6 aliphatic rings. The molecule has 3 heterocycles. The first-order valence-electron chi connectivity index (χ1n) is 20.3. The summed E-state index contributed by atoms with van der Waals surface area (Å²) in [6.07, 6.45) is 12.4. The van der Waals surface area contributed by atoms with Crippen molar-refractivity contribution in [2.45, 2.75) is 147 Å². The minimum Gasteiger partial charge on any atom is -0.444 e. The molecule has 3 aliphatic heterocycles. The molecule has 2 aromatic carbocycles. The van der Waals surface area contributed by atoms with Gasteiger partial charge in [-0.15, -0.1) is 0 Å². The van der Waals surface area contributed by atoms with Gasteiger partial charge in [-0.05, 0) is 73.0 Å². The molecule has 53 heavy (non-hydrogen) atoms. The average molecular weight is 727 g/mol. The Bertz CT molecular complexity index is 1580. The maximum absolute atomic E-state index is 14.1. The van der Waals surface area contributed by atoms with Crippen LogP contribution < -0.4 is 11.1 Å². The van der Waals surface area contributed by atoms with Gasteiger partial charge in [-0.25, -0.2) is 9.59 Å². The van der Waals surface area contributed by atoms with Crippen molar-refractivity contribution in [2.24, 2.45) is 23.0 Å². The fourth-order valence-electron chi connectivity index (χ4n) is 10.1. The van der Waals surface area contributed by atoms with Crippen molar-refractivity contribution in [3.05, 3.63) is 71.3 Å². The molecule has 0 aromatic heterocycles. The Morgan fingerprint density at radius 3 is 2.19 bits per heavy atom. The first-order chi connectivity index (χ1) is 25.5. The summed E-state index contributed by atoms with van der Waals surface area (Å²) in [5.41, 5.74) is 9.21. The molecule has 2 saturated heterocycles. The van der Waals surface area contributed by atoms with Crippen molar-refractivity contribution in [1.29, 1.82) is 0 Å². The molecule has 0 spiro atoms. The summed E-state index contributed by atoms with van der Waals surface area (Å²) < 4.78 is 19.4. The summed E-state index contributed by atoms with van der Waals surface area (Å²) in [5.74, 6) is 0.346. The van der Waals surface area contributed by atoms with E-state index in [0.717, 1.165) is 49.7 Å². The Kier molecular flexibility index (Phi) is 11.4. The predicted octanol–water partition coefficient (Wildman–Crippen LogP) is 7.17. The third-order valence-electron chi connectivity index (χ3n) is 13.4. The lowest BCUT2D eigenvalue weighted by Gasteiger charge is -2.64. The maximum atomic E-state index is 14.1. The third-order valence-corrected chi connectivity index (χ3v) is 13.4. The van der Waals surface area contributed by atoms with E-state index in [1.165, 1.54) is 42.6 Å². The summed E-state index contributed by atoms with van der Waals surface area (Å²) >= 11 is 0. The van der Waals surface area contributed by atoms with Crippen molar-refractivity contribution in [2.75, 3.05) is 6.54 Å². The van der Waals surface area contributed by atoms with Gasteiger partial charge in [-0.1, -0.05) is 113 Å². The van der Waals surface area contributed by atoms with Gasteiger partial charge in [0.15, 0.2) is 0 Å². The van der Waals surface area contributed by atoms with E-state index in [4.69, 9.17) is 19.8 Å². The number of fused-ring (bicyclic) bond motifs is 1. The van der Waals surface area contributed by atoms with Gasteiger partial charge in [0.05, 0.1) is 24.2 Å². The number of urea groups is 1. The number of aryl methyl sites for hydroxylation is 1. The van der Waals surface area contributed by atoms with Gasteiger partial charge < -0.3 is 30.0 Å². The largest absolute Gasteiger partial charge is 0.481 e. The number of unbranched alkanes of at least 4 members (excludes halogenated alkanes) is 7. The second-order valence-electron chi connectivity index (χ2n) is 17.2. The molecule has 5 fully saturated rings. The van der Waals surface area contributed by atoms with Crippen molar-refractivity contribution in [3.63, 3.8) is 0 Å². The summed E-state index contributed by atoms with van der Waals surface area (Å²) in [6, 6.07) is 17.1. The Morgan fingerprint density at radius 1 is 0.887 bits per heavy atom. The lowest BCUT2D eigenvalue weighted by atomic mass is 9.43. The molecular formula is C42H59BN4O6. The highest BCUT2D eigenvalue weighted by atomic mass is 16.7. The maximum Gasteiger partial charge on any atom is 0.481 e. The highest BCUT2D eigenvalue weighted by molar-refractivity contribution is 6.47. The molecular weight excluding hydrogens is 667 g/mol. The highest BCUT2D eigenvalue weighted by Crippen LogP contribution is 2.65. The van der Waals surface area contributed by atoms with Gasteiger partial charge in [0.1, 0.15) is 12.1 Å². The molecule has 0 radical (unpaired) electrons. The minimum atomic E-state index is -0.850. The van der Waals surface area contributed by atoms with Gasteiger partial charge in [0.25, 0.3) is 0 Å². The van der Waals surface area contributed by atoms with Gasteiger partial charge in [-0.3, -0.25) is 9.69 Å². The van der Waals surface area contributed by atoms with E-state index in [1.54, 1.807) is 4.90 Å². The van der Waals surface area contributed by atoms with Crippen LogP contribution in [0.5, 0.6) is 0 Å². The van der Waals surface area contributed by atoms with Crippen LogP contribution in [0.1, 0.15) is 115 Å². The number of rotatable bonds is 15. The molecule has 3 N–H and O–H groups in total. The quantitative estimate of drug-likeness (QED) is 0.148. The lowest BCUT2D eigenvalue weighted by molar-refractivity contribution is -0.199. The molecule has 3 aliphatic carbocycles. The van der Waals surface area contributed by atoms with Crippen LogP contribution in [0.3, 0.4) is 0 Å². The smallest absolute Gasteiger partial charge is 0.444 e. The van der Waals surface area contributed by atoms with Gasteiger partial charge in [0.2, 0.25) is 5.91 Å². The van der Waals surface area contributed by atoms with Gasteiger partial charge >= 0.3 is 19.2 Å². The number of likely N-dealkylation sites (tertiary alicyclic amines) is 1. The molecule has 10 nitrogen and oxygen atoms in total. The van der Waals surface area contributed by atoms with E-state index in [-0.39, 0.29) is 36.3 Å². The van der Waals surface area contributed by atoms with Crippen LogP contribution in [0, 0.1) is 17.3 Å². The molecule has 2 aromatic rings. The number of hydrogen-bond donors (Lipinski definition) is 2. The molecule has 2 bridgehead atoms. The fraction of sp³-hybridized carbons (Fsp3) is 0.643. The predicted molar refractivity (Wildman–Crippen MR) is 204 cm³/mol. The highest BCUT2D eigenvalue weighted by Gasteiger charge is 2.68. The monoisotopic (exact) mass is 726 g/mol. The molecule has 8 rings (SSSR count). The number of primary amides is 1. The Morgan fingerprint density at radius 2 is 1.53 bits per heavy atom. The van der Waals surface area contributed by atoms with Crippen LogP contribution in [0.4, 0.5) is 9.59 Å². The number of nitrogens with zero attached hydrogens (tertiary/aromatic N) is 2. The van der Waals surface area contributed by atoms with Crippen LogP contribution in [0.25, 0.3) is 0 Å². The third kappa shape index (κ3) is 8.12. The number of nitrogens with two attached hydrogens (primary N) is 1. The van der Waals surface area contributed by atoms with Crippen LogP contribution in [0.15, 0.2) is 54.6 Å². The van der Waals surface area contributed by atoms with E-state index in [1.807, 2.05) is 24.3 Å². The second-order valence-corrected chi connectivity index (χ2v) is 17.2. The Labute approximate surface area is 316 Å². The lowest BCUT2D eigenvalue weighted by Crippen LogP contribution is -2.65. The van der Waals surface area contributed by atoms with Crippen molar-refractivity contribution in [1.82, 2.24) is 15.1 Å². The van der Waals surface area contributed by atoms with Crippen LogP contribution >= 0.6 is 0 Å². The number of nitrogens with one attached hydrogen (secondary N) is 1. The minimum absolute atomic E-state index is 0.000292. The molecule has 1 unspecified atom stereocenters. The average Bonchev–Trinajstić information content (AvgIpc) is 3.87. The first kappa shape index (κ1) is 37.7. The normalized spacial score (nSPS) is 28.6. The zero-order chi connectivity index (χ0) is 37.2. The topological polar surface area (TPSA) is 123 Å². The van der Waals surface area contributed by atoms with Gasteiger partial charge in [0, 0.05) is 19.5 Å². The van der Waals surface area contributed by atoms with Crippen LogP contribution in [-0.2, 0) is 38.4 Å². The first-order valence-corrected chi connectivity index (χ1v) is 20.3. The number of carbonyl (C=O) groups is 3. The Hall–Kier alpha value is -3.57. The van der Waals surface area contributed by atoms with Crippen molar-refractivity contribution in [3.8, 4) is 0 Å². The van der Waals surface area contributed by atoms with E-state index < -0.39 is 37.0 Å². The Balaban J connectivity index is 0.926. The summed E-state index contributed by atoms with van der Waals surface area (Å²) in [5, 5.41) is 3.25. The molecule has 4 amide bonds. The van der Waals surface area contributed by atoms with Gasteiger partial charge in [-0.2, -0.15) is 0 Å². The fourth-order valence-corrected chi connectivity index (χ4v) is 10.1. The van der Waals surface area contributed by atoms with E-state index >= 15 is 0 Å². The SMILES string of the molecule is CC1(C)[C@@H]2CC3OB([C@H](CCCCCCCCCCc4ccccc4)NC(=O)[C@@H]4C[C@@H](OC(=O)N5Cc6ccccc6C5)CN4C(N)=O)O[C@]3(C)[C@H]1C2. The van der Waals surface area contributed by atoms with Crippen LogP contribution in [-0.4, -0.2) is 71.3 Å². The number of amides is 4. The van der Waals surface area contributed by atoms with Crippen molar-refractivity contribution >= 4 is 25.1 Å². The number of hydrogen-bond acceptors (Lipinski definition) is 6. The molecule has 3 saturated carbocycles. The summed E-state index contributed by atoms with van der Waals surface area (Å²) in [7, 11) is -0.567. The second kappa shape index (κ2) is 16.0. The number of ether oxygens (including phenoxy) is 1. The molecule has 286 valence electrons. The summed E-state index contributed by atoms with van der Waals surface area (Å²) in [4.78, 5) is 42.8. The van der Waals surface area contributed by atoms with Crippen molar-refractivity contribution < 1.29 is 28.4 Å². The van der Waals surface area contributed by atoms with E-state index in [0.29, 0.717) is 31.3 Å². The molecule has 7 atom stereocenters. The molecule has 11 heteroatoms. The van der Waals surface area contributed by atoms with Crippen LogP contribution in [0.2, 0.25) is 0 Å².